The summed E-state index contributed by atoms with van der Waals surface area (Å²) in [5.74, 6) is -0.0141. The maximum absolute atomic E-state index is 12.0. The van der Waals surface area contributed by atoms with Crippen LogP contribution in [0.2, 0.25) is 0 Å². The van der Waals surface area contributed by atoms with Crippen molar-refractivity contribution < 1.29 is 23.9 Å². The van der Waals surface area contributed by atoms with Gasteiger partial charge in [-0.25, -0.2) is 0 Å². The summed E-state index contributed by atoms with van der Waals surface area (Å²) in [6.45, 7) is 2.29. The second kappa shape index (κ2) is 7.04. The lowest BCUT2D eigenvalue weighted by Crippen LogP contribution is -2.20. The molecule has 1 aliphatic heterocycles. The van der Waals surface area contributed by atoms with E-state index < -0.39 is 11.8 Å². The van der Waals surface area contributed by atoms with Gasteiger partial charge in [-0.05, 0) is 49.4 Å². The second-order valence-electron chi connectivity index (χ2n) is 5.28. The molecule has 0 atom stereocenters. The van der Waals surface area contributed by atoms with E-state index in [9.17, 15) is 14.4 Å². The third kappa shape index (κ3) is 3.77. The number of amides is 3. The molecule has 0 unspecified atom stereocenters. The molecule has 1 heterocycles. The lowest BCUT2D eigenvalue weighted by molar-refractivity contribution is -0.118. The molecule has 0 fully saturated rings. The molecule has 0 aliphatic carbocycles. The van der Waals surface area contributed by atoms with Gasteiger partial charge in [0.25, 0.3) is 17.7 Å². The maximum Gasteiger partial charge on any atom is 0.262 e. The zero-order valence-corrected chi connectivity index (χ0v) is 13.5. The molecule has 0 radical (unpaired) electrons. The van der Waals surface area contributed by atoms with Gasteiger partial charge >= 0.3 is 0 Å². The van der Waals surface area contributed by atoms with Crippen LogP contribution in [0.5, 0.6) is 11.5 Å². The summed E-state index contributed by atoms with van der Waals surface area (Å²) in [5.41, 5.74) is 0.966. The molecule has 3 rings (SSSR count). The zero-order chi connectivity index (χ0) is 17.8. The van der Waals surface area contributed by atoms with E-state index in [4.69, 9.17) is 9.47 Å². The Balaban J connectivity index is 1.57. The van der Waals surface area contributed by atoms with Gasteiger partial charge in [-0.15, -0.1) is 0 Å². The van der Waals surface area contributed by atoms with Crippen LogP contribution in [0.25, 0.3) is 0 Å². The molecular weight excluding hydrogens is 324 g/mol. The van der Waals surface area contributed by atoms with E-state index in [0.717, 1.165) is 5.75 Å². The van der Waals surface area contributed by atoms with Crippen LogP contribution < -0.4 is 20.1 Å². The quantitative estimate of drug-likeness (QED) is 0.784. The third-order valence-corrected chi connectivity index (χ3v) is 3.52. The monoisotopic (exact) mass is 340 g/mol. The number of rotatable bonds is 6. The number of fused-ring (bicyclic) bond motifs is 1. The molecular formula is C18H16N2O5. The number of nitrogens with one attached hydrogen (secondary N) is 2. The first-order chi connectivity index (χ1) is 12.1. The highest BCUT2D eigenvalue weighted by Crippen LogP contribution is 2.20. The lowest BCUT2D eigenvalue weighted by atomic mass is 10.1. The van der Waals surface area contributed by atoms with Gasteiger partial charge in [0.15, 0.2) is 6.61 Å². The molecule has 2 aromatic rings. The number of hydrogen-bond acceptors (Lipinski definition) is 5. The highest BCUT2D eigenvalue weighted by Gasteiger charge is 2.26. The molecule has 0 saturated carbocycles. The minimum absolute atomic E-state index is 0.184. The number of benzene rings is 2. The van der Waals surface area contributed by atoms with Crippen LogP contribution in [0.15, 0.2) is 42.5 Å². The van der Waals surface area contributed by atoms with Crippen LogP contribution in [-0.2, 0) is 4.79 Å². The van der Waals surface area contributed by atoms with Gasteiger partial charge < -0.3 is 14.8 Å². The molecule has 0 bridgehead atoms. The topological polar surface area (TPSA) is 93.7 Å². The van der Waals surface area contributed by atoms with Gasteiger partial charge in [-0.3, -0.25) is 19.7 Å². The Labute approximate surface area is 143 Å². The minimum Gasteiger partial charge on any atom is -0.494 e. The van der Waals surface area contributed by atoms with Crippen LogP contribution in [0.3, 0.4) is 0 Å². The number of carbonyl (C=O) groups is 3. The van der Waals surface area contributed by atoms with E-state index in [0.29, 0.717) is 23.6 Å². The van der Waals surface area contributed by atoms with E-state index in [-0.39, 0.29) is 18.1 Å². The van der Waals surface area contributed by atoms with Crippen molar-refractivity contribution in [1.29, 1.82) is 0 Å². The lowest BCUT2D eigenvalue weighted by Gasteiger charge is -2.09. The Bertz CT molecular complexity index is 830. The average Bonchev–Trinajstić information content (AvgIpc) is 2.88. The molecule has 7 heteroatoms. The smallest absolute Gasteiger partial charge is 0.262 e. The molecule has 0 saturated heterocycles. The molecule has 128 valence electrons. The van der Waals surface area contributed by atoms with Gasteiger partial charge in [-0.1, -0.05) is 0 Å². The highest BCUT2D eigenvalue weighted by molar-refractivity contribution is 6.22. The Hall–Kier alpha value is -3.35. The normalized spacial score (nSPS) is 12.4. The van der Waals surface area contributed by atoms with Gasteiger partial charge in [0.1, 0.15) is 11.5 Å². The van der Waals surface area contributed by atoms with E-state index in [2.05, 4.69) is 10.6 Å². The summed E-state index contributed by atoms with van der Waals surface area (Å²) in [6.07, 6.45) is 0. The maximum atomic E-state index is 12.0. The van der Waals surface area contributed by atoms with E-state index in [1.807, 2.05) is 6.92 Å². The van der Waals surface area contributed by atoms with Crippen LogP contribution in [0, 0.1) is 0 Å². The van der Waals surface area contributed by atoms with E-state index in [1.165, 1.54) is 12.1 Å². The number of anilines is 1. The molecule has 2 aromatic carbocycles. The van der Waals surface area contributed by atoms with Gasteiger partial charge in [-0.2, -0.15) is 0 Å². The Morgan fingerprint density at radius 1 is 0.960 bits per heavy atom. The Kier molecular flexibility index (Phi) is 4.65. The van der Waals surface area contributed by atoms with Crippen LogP contribution in [0.4, 0.5) is 5.69 Å². The minimum atomic E-state index is -0.471. The Morgan fingerprint density at radius 3 is 2.28 bits per heavy atom. The van der Waals surface area contributed by atoms with E-state index in [1.54, 1.807) is 30.3 Å². The summed E-state index contributed by atoms with van der Waals surface area (Å²) in [7, 11) is 0. The standard InChI is InChI=1S/C18H16N2O5/c1-2-24-12-4-6-13(7-5-12)25-10-16(21)19-11-3-8-14-15(9-11)18(23)20-17(14)22/h3-9H,2,10H2,1H3,(H,19,21)(H,20,22,23). The molecule has 25 heavy (non-hydrogen) atoms. The highest BCUT2D eigenvalue weighted by atomic mass is 16.5. The first kappa shape index (κ1) is 16.5. The number of hydrogen-bond donors (Lipinski definition) is 2. The van der Waals surface area contributed by atoms with E-state index >= 15 is 0 Å². The van der Waals surface area contributed by atoms with Crippen molar-refractivity contribution in [2.75, 3.05) is 18.5 Å². The summed E-state index contributed by atoms with van der Waals surface area (Å²) in [6, 6.07) is 11.5. The van der Waals surface area contributed by atoms with Crippen LogP contribution in [-0.4, -0.2) is 30.9 Å². The fraction of sp³-hybridized carbons (Fsp3) is 0.167. The summed E-state index contributed by atoms with van der Waals surface area (Å²) >= 11 is 0. The fourth-order valence-corrected chi connectivity index (χ4v) is 2.39. The molecule has 7 nitrogen and oxygen atoms in total. The fourth-order valence-electron chi connectivity index (χ4n) is 2.39. The van der Waals surface area contributed by atoms with Gasteiger partial charge in [0, 0.05) is 5.69 Å². The number of carbonyl (C=O) groups excluding carboxylic acids is 3. The van der Waals surface area contributed by atoms with Crippen molar-refractivity contribution in [1.82, 2.24) is 5.32 Å². The van der Waals surface area contributed by atoms with Crippen LogP contribution in [0.1, 0.15) is 27.6 Å². The second-order valence-corrected chi connectivity index (χ2v) is 5.28. The third-order valence-electron chi connectivity index (χ3n) is 3.52. The van der Waals surface area contributed by atoms with Crippen molar-refractivity contribution in [3.05, 3.63) is 53.6 Å². The molecule has 0 aromatic heterocycles. The predicted molar refractivity (Wildman–Crippen MR) is 90.0 cm³/mol. The SMILES string of the molecule is CCOc1ccc(OCC(=O)Nc2ccc3c(c2)C(=O)NC3=O)cc1. The molecule has 1 aliphatic rings. The zero-order valence-electron chi connectivity index (χ0n) is 13.5. The summed E-state index contributed by atoms with van der Waals surface area (Å²) < 4.78 is 10.7. The van der Waals surface area contributed by atoms with Crippen molar-refractivity contribution >= 4 is 23.4 Å². The van der Waals surface area contributed by atoms with Crippen molar-refractivity contribution in [2.45, 2.75) is 6.92 Å². The number of imide groups is 1. The molecule has 3 amide bonds. The first-order valence-corrected chi connectivity index (χ1v) is 7.72. The predicted octanol–water partition coefficient (Wildman–Crippen LogP) is 1.99. The molecule has 2 N–H and O–H groups in total. The van der Waals surface area contributed by atoms with Crippen LogP contribution >= 0.6 is 0 Å². The Morgan fingerprint density at radius 2 is 1.60 bits per heavy atom. The van der Waals surface area contributed by atoms with Gasteiger partial charge in [0.05, 0.1) is 17.7 Å². The number of ether oxygens (including phenoxy) is 2. The van der Waals surface area contributed by atoms with Gasteiger partial charge in [0.2, 0.25) is 0 Å². The average molecular weight is 340 g/mol. The van der Waals surface area contributed by atoms with Crippen molar-refractivity contribution in [3.8, 4) is 11.5 Å². The van der Waals surface area contributed by atoms with Crippen molar-refractivity contribution in [3.63, 3.8) is 0 Å². The van der Waals surface area contributed by atoms with Crippen molar-refractivity contribution in [2.24, 2.45) is 0 Å². The largest absolute Gasteiger partial charge is 0.494 e. The molecule has 0 spiro atoms. The summed E-state index contributed by atoms with van der Waals surface area (Å²) in [5, 5.41) is 4.83. The summed E-state index contributed by atoms with van der Waals surface area (Å²) in [4.78, 5) is 35.1. The first-order valence-electron chi connectivity index (χ1n) is 7.72.